The summed E-state index contributed by atoms with van der Waals surface area (Å²) in [5, 5.41) is 12.8. The normalized spacial score (nSPS) is 16.7. The van der Waals surface area contributed by atoms with Crippen molar-refractivity contribution in [3.05, 3.63) is 55.0 Å². The average molecular weight is 411 g/mol. The van der Waals surface area contributed by atoms with Crippen molar-refractivity contribution in [1.82, 2.24) is 9.80 Å². The fraction of sp³-hybridized carbons (Fsp3) is 0.417. The van der Waals surface area contributed by atoms with Crippen molar-refractivity contribution in [2.24, 2.45) is 0 Å². The Balaban J connectivity index is 1.38. The maximum absolute atomic E-state index is 10.6. The maximum Gasteiger partial charge on any atom is 0.128 e. The standard InChI is InChI=1S/C24H30N2O4/c1-28-15-13-25-9-11-26(12-10-25)16-21(27)18-30-23-7-6-19-4-2-3-5-22(19)24(23)20-8-14-29-17-20/h2-8,14,17,21,27H,9-13,15-16,18H2,1H3. The van der Waals surface area contributed by atoms with Crippen molar-refractivity contribution in [2.45, 2.75) is 6.10 Å². The van der Waals surface area contributed by atoms with Crippen LogP contribution in [0.25, 0.3) is 21.9 Å². The minimum atomic E-state index is -0.542. The summed E-state index contributed by atoms with van der Waals surface area (Å²) in [6.07, 6.45) is 2.86. The number of aliphatic hydroxyl groups is 1. The van der Waals surface area contributed by atoms with Crippen molar-refractivity contribution in [3.8, 4) is 16.9 Å². The van der Waals surface area contributed by atoms with Crippen LogP contribution in [0.5, 0.6) is 5.75 Å². The first-order valence-electron chi connectivity index (χ1n) is 10.5. The lowest BCUT2D eigenvalue weighted by atomic mass is 9.99. The van der Waals surface area contributed by atoms with E-state index in [1.165, 1.54) is 0 Å². The van der Waals surface area contributed by atoms with Gasteiger partial charge < -0.3 is 19.0 Å². The highest BCUT2D eigenvalue weighted by Gasteiger charge is 2.20. The number of benzene rings is 2. The molecule has 0 saturated carbocycles. The molecule has 6 heteroatoms. The highest BCUT2D eigenvalue weighted by molar-refractivity contribution is 5.99. The average Bonchev–Trinajstić information content (AvgIpc) is 3.31. The van der Waals surface area contributed by atoms with Crippen LogP contribution in [0.4, 0.5) is 0 Å². The Kier molecular flexibility index (Phi) is 7.02. The van der Waals surface area contributed by atoms with E-state index in [9.17, 15) is 5.11 Å². The molecule has 0 bridgehead atoms. The molecule has 160 valence electrons. The molecule has 0 amide bonds. The molecule has 0 spiro atoms. The van der Waals surface area contributed by atoms with E-state index in [0.717, 1.165) is 67.0 Å². The molecule has 1 aliphatic heterocycles. The van der Waals surface area contributed by atoms with E-state index in [1.54, 1.807) is 19.6 Å². The fourth-order valence-corrected chi connectivity index (χ4v) is 4.03. The van der Waals surface area contributed by atoms with Crippen LogP contribution in [0.15, 0.2) is 59.4 Å². The van der Waals surface area contributed by atoms with E-state index in [4.69, 9.17) is 13.9 Å². The number of hydrogen-bond donors (Lipinski definition) is 1. The Hall–Kier alpha value is -2.38. The minimum Gasteiger partial charge on any atom is -0.490 e. The van der Waals surface area contributed by atoms with Crippen molar-refractivity contribution in [1.29, 1.82) is 0 Å². The number of hydrogen-bond acceptors (Lipinski definition) is 6. The van der Waals surface area contributed by atoms with Gasteiger partial charge in [0.25, 0.3) is 0 Å². The fourth-order valence-electron chi connectivity index (χ4n) is 4.03. The van der Waals surface area contributed by atoms with Gasteiger partial charge in [0, 0.05) is 57.5 Å². The Morgan fingerprint density at radius 3 is 2.60 bits per heavy atom. The summed E-state index contributed by atoms with van der Waals surface area (Å²) in [7, 11) is 1.74. The third kappa shape index (κ3) is 5.02. The molecular formula is C24H30N2O4. The molecule has 30 heavy (non-hydrogen) atoms. The summed E-state index contributed by atoms with van der Waals surface area (Å²) in [6.45, 7) is 6.53. The number of aliphatic hydroxyl groups excluding tert-OH is 1. The molecular weight excluding hydrogens is 380 g/mol. The van der Waals surface area contributed by atoms with Crippen LogP contribution in [-0.2, 0) is 4.74 Å². The van der Waals surface area contributed by atoms with Gasteiger partial charge in [-0.1, -0.05) is 30.3 Å². The van der Waals surface area contributed by atoms with Gasteiger partial charge >= 0.3 is 0 Å². The van der Waals surface area contributed by atoms with Crippen LogP contribution in [0.3, 0.4) is 0 Å². The van der Waals surface area contributed by atoms with Crippen LogP contribution >= 0.6 is 0 Å². The number of furan rings is 1. The molecule has 1 N–H and O–H groups in total. The summed E-state index contributed by atoms with van der Waals surface area (Å²) in [5.41, 5.74) is 1.98. The van der Waals surface area contributed by atoms with Crippen LogP contribution < -0.4 is 4.74 Å². The Labute approximate surface area is 177 Å². The molecule has 1 fully saturated rings. The number of piperazine rings is 1. The van der Waals surface area contributed by atoms with Crippen molar-refractivity contribution in [3.63, 3.8) is 0 Å². The van der Waals surface area contributed by atoms with Crippen molar-refractivity contribution < 1.29 is 19.0 Å². The molecule has 2 heterocycles. The van der Waals surface area contributed by atoms with E-state index in [0.29, 0.717) is 6.54 Å². The first-order chi connectivity index (χ1) is 14.7. The molecule has 2 aromatic carbocycles. The van der Waals surface area contributed by atoms with Crippen LogP contribution in [0.2, 0.25) is 0 Å². The molecule has 1 atom stereocenters. The summed E-state index contributed by atoms with van der Waals surface area (Å²) in [6, 6.07) is 14.2. The van der Waals surface area contributed by atoms with Crippen molar-refractivity contribution >= 4 is 10.8 Å². The third-order valence-electron chi connectivity index (χ3n) is 5.68. The molecule has 1 saturated heterocycles. The predicted octanol–water partition coefficient (Wildman–Crippen LogP) is 3.10. The van der Waals surface area contributed by atoms with E-state index < -0.39 is 6.10 Å². The monoisotopic (exact) mass is 410 g/mol. The molecule has 1 unspecified atom stereocenters. The number of methoxy groups -OCH3 is 1. The van der Waals surface area contributed by atoms with Crippen LogP contribution in [0.1, 0.15) is 0 Å². The van der Waals surface area contributed by atoms with Gasteiger partial charge in [-0.3, -0.25) is 9.80 Å². The van der Waals surface area contributed by atoms with Crippen LogP contribution in [-0.4, -0.2) is 80.6 Å². The molecule has 0 radical (unpaired) electrons. The lowest BCUT2D eigenvalue weighted by Gasteiger charge is -2.35. The zero-order valence-corrected chi connectivity index (χ0v) is 17.5. The Morgan fingerprint density at radius 2 is 1.83 bits per heavy atom. The van der Waals surface area contributed by atoms with Gasteiger partial charge in [0.1, 0.15) is 18.5 Å². The minimum absolute atomic E-state index is 0.257. The van der Waals surface area contributed by atoms with E-state index >= 15 is 0 Å². The number of β-amino-alcohol motifs (C(OH)–C–C–N with tert-alkyl or cyclic N) is 1. The zero-order chi connectivity index (χ0) is 20.8. The summed E-state index contributed by atoms with van der Waals surface area (Å²) < 4.78 is 16.6. The van der Waals surface area contributed by atoms with E-state index in [1.807, 2.05) is 24.3 Å². The molecule has 3 aromatic rings. The second kappa shape index (κ2) is 10.1. The zero-order valence-electron chi connectivity index (χ0n) is 17.5. The first kappa shape index (κ1) is 20.9. The summed E-state index contributed by atoms with van der Waals surface area (Å²) in [5.74, 6) is 0.763. The molecule has 0 aliphatic carbocycles. The highest BCUT2D eigenvalue weighted by Crippen LogP contribution is 2.37. The summed E-state index contributed by atoms with van der Waals surface area (Å²) in [4.78, 5) is 4.70. The lowest BCUT2D eigenvalue weighted by molar-refractivity contribution is 0.0407. The third-order valence-corrected chi connectivity index (χ3v) is 5.68. The highest BCUT2D eigenvalue weighted by atomic mass is 16.5. The van der Waals surface area contributed by atoms with Gasteiger partial charge in [-0.2, -0.15) is 0 Å². The smallest absolute Gasteiger partial charge is 0.128 e. The van der Waals surface area contributed by atoms with Crippen molar-refractivity contribution in [2.75, 3.05) is 59.6 Å². The SMILES string of the molecule is COCCN1CCN(CC(O)COc2ccc3ccccc3c2-c2ccoc2)CC1. The molecule has 4 rings (SSSR count). The number of rotatable bonds is 9. The maximum atomic E-state index is 10.6. The quantitative estimate of drug-likeness (QED) is 0.585. The second-order valence-electron chi connectivity index (χ2n) is 7.77. The lowest BCUT2D eigenvalue weighted by Crippen LogP contribution is -2.49. The van der Waals surface area contributed by atoms with Gasteiger partial charge in [-0.25, -0.2) is 0 Å². The Morgan fingerprint density at radius 1 is 1.03 bits per heavy atom. The Bertz CT molecular complexity index is 920. The summed E-state index contributed by atoms with van der Waals surface area (Å²) >= 11 is 0. The number of fused-ring (bicyclic) bond motifs is 1. The second-order valence-corrected chi connectivity index (χ2v) is 7.77. The predicted molar refractivity (Wildman–Crippen MR) is 118 cm³/mol. The van der Waals surface area contributed by atoms with Gasteiger partial charge in [-0.05, 0) is 22.9 Å². The van der Waals surface area contributed by atoms with Gasteiger partial charge in [0.2, 0.25) is 0 Å². The van der Waals surface area contributed by atoms with Gasteiger partial charge in [0.15, 0.2) is 0 Å². The topological polar surface area (TPSA) is 58.3 Å². The van der Waals surface area contributed by atoms with E-state index in [2.05, 4.69) is 28.0 Å². The van der Waals surface area contributed by atoms with Gasteiger partial charge in [0.05, 0.1) is 19.1 Å². The van der Waals surface area contributed by atoms with Crippen LogP contribution in [0, 0.1) is 0 Å². The largest absolute Gasteiger partial charge is 0.490 e. The number of nitrogens with zero attached hydrogens (tertiary/aromatic N) is 2. The molecule has 1 aromatic heterocycles. The first-order valence-corrected chi connectivity index (χ1v) is 10.5. The molecule has 1 aliphatic rings. The molecule has 6 nitrogen and oxygen atoms in total. The van der Waals surface area contributed by atoms with Gasteiger partial charge in [-0.15, -0.1) is 0 Å². The number of ether oxygens (including phenoxy) is 2. The van der Waals surface area contributed by atoms with E-state index in [-0.39, 0.29) is 6.61 Å².